The number of benzene rings is 1. The van der Waals surface area contributed by atoms with Crippen molar-refractivity contribution in [1.29, 1.82) is 0 Å². The maximum Gasteiger partial charge on any atom is 0.0677 e. The Hall–Kier alpha value is -1.91. The normalized spacial score (nSPS) is 12.5. The molecule has 0 aliphatic rings. The number of thiophene rings is 1. The standard InChI is InChI=1S/C15H15N3S/c1-11-7-8-14(19-11)15(16)12-9-17-18(10-12)13-5-3-2-4-6-13/h2-10,15H,16H2,1H3. The second kappa shape index (κ2) is 4.99. The van der Waals surface area contributed by atoms with E-state index in [1.807, 2.05) is 47.4 Å². The molecule has 1 atom stereocenters. The van der Waals surface area contributed by atoms with Gasteiger partial charge in [0.2, 0.25) is 0 Å². The van der Waals surface area contributed by atoms with Crippen LogP contribution in [0.3, 0.4) is 0 Å². The lowest BCUT2D eigenvalue weighted by molar-refractivity contribution is 0.871. The van der Waals surface area contributed by atoms with Crippen LogP contribution in [0.2, 0.25) is 0 Å². The van der Waals surface area contributed by atoms with Gasteiger partial charge in [-0.15, -0.1) is 11.3 Å². The van der Waals surface area contributed by atoms with Crippen molar-refractivity contribution >= 4 is 11.3 Å². The highest BCUT2D eigenvalue weighted by atomic mass is 32.1. The van der Waals surface area contributed by atoms with Crippen LogP contribution in [0.4, 0.5) is 0 Å². The average Bonchev–Trinajstić information content (AvgIpc) is 3.08. The third-order valence-electron chi connectivity index (χ3n) is 3.05. The van der Waals surface area contributed by atoms with E-state index in [9.17, 15) is 0 Å². The van der Waals surface area contributed by atoms with Gasteiger partial charge in [0.1, 0.15) is 0 Å². The first-order valence-electron chi connectivity index (χ1n) is 6.16. The molecule has 0 aliphatic heterocycles. The highest BCUT2D eigenvalue weighted by Gasteiger charge is 2.13. The summed E-state index contributed by atoms with van der Waals surface area (Å²) in [6.07, 6.45) is 3.84. The van der Waals surface area contributed by atoms with E-state index in [1.165, 1.54) is 9.75 Å². The molecule has 19 heavy (non-hydrogen) atoms. The first-order valence-corrected chi connectivity index (χ1v) is 6.97. The molecule has 2 N–H and O–H groups in total. The van der Waals surface area contributed by atoms with Gasteiger partial charge >= 0.3 is 0 Å². The highest BCUT2D eigenvalue weighted by molar-refractivity contribution is 7.12. The number of hydrogen-bond donors (Lipinski definition) is 1. The minimum Gasteiger partial charge on any atom is -0.320 e. The summed E-state index contributed by atoms with van der Waals surface area (Å²) in [5, 5.41) is 4.38. The summed E-state index contributed by atoms with van der Waals surface area (Å²) in [6, 6.07) is 14.1. The van der Waals surface area contributed by atoms with Crippen LogP contribution in [0.15, 0.2) is 54.9 Å². The van der Waals surface area contributed by atoms with E-state index in [0.29, 0.717) is 0 Å². The average molecular weight is 269 g/mol. The first-order chi connectivity index (χ1) is 9.24. The Kier molecular flexibility index (Phi) is 3.19. The van der Waals surface area contributed by atoms with Crippen molar-refractivity contribution in [2.24, 2.45) is 5.73 Å². The van der Waals surface area contributed by atoms with Crippen molar-refractivity contribution in [3.63, 3.8) is 0 Å². The van der Waals surface area contributed by atoms with E-state index < -0.39 is 0 Å². The molecule has 2 aromatic heterocycles. The van der Waals surface area contributed by atoms with Crippen LogP contribution in [0.25, 0.3) is 5.69 Å². The van der Waals surface area contributed by atoms with Crippen molar-refractivity contribution in [3.8, 4) is 5.69 Å². The van der Waals surface area contributed by atoms with E-state index in [2.05, 4.69) is 24.2 Å². The Morgan fingerprint density at radius 2 is 1.95 bits per heavy atom. The lowest BCUT2D eigenvalue weighted by Gasteiger charge is -2.06. The molecule has 0 saturated heterocycles. The zero-order chi connectivity index (χ0) is 13.2. The number of nitrogens with zero attached hydrogens (tertiary/aromatic N) is 2. The molecule has 0 amide bonds. The number of rotatable bonds is 3. The van der Waals surface area contributed by atoms with Crippen LogP contribution in [-0.2, 0) is 0 Å². The molecule has 0 aliphatic carbocycles. The maximum atomic E-state index is 6.28. The molecule has 3 aromatic rings. The first kappa shape index (κ1) is 12.1. The largest absolute Gasteiger partial charge is 0.320 e. The molecule has 1 unspecified atom stereocenters. The molecule has 0 fully saturated rings. The van der Waals surface area contributed by atoms with E-state index in [0.717, 1.165) is 11.3 Å². The molecule has 0 saturated carbocycles. The summed E-state index contributed by atoms with van der Waals surface area (Å²) in [5.74, 6) is 0. The van der Waals surface area contributed by atoms with Crippen LogP contribution < -0.4 is 5.73 Å². The Morgan fingerprint density at radius 3 is 2.63 bits per heavy atom. The zero-order valence-electron chi connectivity index (χ0n) is 10.7. The van der Waals surface area contributed by atoms with Crippen LogP contribution in [-0.4, -0.2) is 9.78 Å². The monoisotopic (exact) mass is 269 g/mol. The molecular formula is C15H15N3S. The minimum absolute atomic E-state index is 0.101. The van der Waals surface area contributed by atoms with E-state index in [-0.39, 0.29) is 6.04 Å². The Labute approximate surface area is 116 Å². The van der Waals surface area contributed by atoms with E-state index in [1.54, 1.807) is 11.3 Å². The van der Waals surface area contributed by atoms with Crippen molar-refractivity contribution in [3.05, 3.63) is 70.2 Å². The number of nitrogens with two attached hydrogens (primary N) is 1. The van der Waals surface area contributed by atoms with Crippen LogP contribution in [0.5, 0.6) is 0 Å². The molecular weight excluding hydrogens is 254 g/mol. The molecule has 1 aromatic carbocycles. The Bertz CT molecular complexity index is 670. The van der Waals surface area contributed by atoms with Crippen molar-refractivity contribution in [2.45, 2.75) is 13.0 Å². The molecule has 0 radical (unpaired) electrons. The van der Waals surface area contributed by atoms with Gasteiger partial charge in [0.15, 0.2) is 0 Å². The number of hydrogen-bond acceptors (Lipinski definition) is 3. The topological polar surface area (TPSA) is 43.8 Å². The van der Waals surface area contributed by atoms with Crippen molar-refractivity contribution in [1.82, 2.24) is 9.78 Å². The van der Waals surface area contributed by atoms with Gasteiger partial charge in [-0.1, -0.05) is 18.2 Å². The number of para-hydroxylation sites is 1. The van der Waals surface area contributed by atoms with Gasteiger partial charge in [-0.2, -0.15) is 5.10 Å². The lowest BCUT2D eigenvalue weighted by atomic mass is 10.1. The SMILES string of the molecule is Cc1ccc(C(N)c2cnn(-c3ccccc3)c2)s1. The van der Waals surface area contributed by atoms with E-state index in [4.69, 9.17) is 5.73 Å². The molecule has 96 valence electrons. The third-order valence-corrected chi connectivity index (χ3v) is 4.13. The third kappa shape index (κ3) is 2.45. The van der Waals surface area contributed by atoms with Gasteiger partial charge in [-0.05, 0) is 31.2 Å². The van der Waals surface area contributed by atoms with Gasteiger partial charge in [0.25, 0.3) is 0 Å². The summed E-state index contributed by atoms with van der Waals surface area (Å²) in [5.41, 5.74) is 8.36. The second-order valence-electron chi connectivity index (χ2n) is 4.48. The lowest BCUT2D eigenvalue weighted by Crippen LogP contribution is -2.09. The van der Waals surface area contributed by atoms with Gasteiger partial charge in [0.05, 0.1) is 17.9 Å². The van der Waals surface area contributed by atoms with Crippen molar-refractivity contribution in [2.75, 3.05) is 0 Å². The van der Waals surface area contributed by atoms with Gasteiger partial charge in [0, 0.05) is 21.5 Å². The highest BCUT2D eigenvalue weighted by Crippen LogP contribution is 2.26. The number of aromatic nitrogens is 2. The fraction of sp³-hybridized carbons (Fsp3) is 0.133. The van der Waals surface area contributed by atoms with Crippen LogP contribution in [0.1, 0.15) is 21.4 Å². The molecule has 3 rings (SSSR count). The molecule has 2 heterocycles. The molecule has 3 nitrogen and oxygen atoms in total. The molecule has 4 heteroatoms. The smallest absolute Gasteiger partial charge is 0.0677 e. The predicted molar refractivity (Wildman–Crippen MR) is 78.7 cm³/mol. The van der Waals surface area contributed by atoms with Crippen LogP contribution in [0, 0.1) is 6.92 Å². The van der Waals surface area contributed by atoms with Crippen molar-refractivity contribution < 1.29 is 0 Å². The summed E-state index contributed by atoms with van der Waals surface area (Å²) >= 11 is 1.73. The van der Waals surface area contributed by atoms with Gasteiger partial charge < -0.3 is 5.73 Å². The quantitative estimate of drug-likeness (QED) is 0.793. The second-order valence-corrected chi connectivity index (χ2v) is 5.80. The summed E-state index contributed by atoms with van der Waals surface area (Å²) < 4.78 is 1.86. The zero-order valence-corrected chi connectivity index (χ0v) is 11.5. The number of aryl methyl sites for hydroxylation is 1. The summed E-state index contributed by atoms with van der Waals surface area (Å²) in [7, 11) is 0. The predicted octanol–water partition coefficient (Wildman–Crippen LogP) is 3.29. The molecule has 0 bridgehead atoms. The van der Waals surface area contributed by atoms with Gasteiger partial charge in [-0.25, -0.2) is 4.68 Å². The van der Waals surface area contributed by atoms with Crippen LogP contribution >= 0.6 is 11.3 Å². The van der Waals surface area contributed by atoms with E-state index >= 15 is 0 Å². The summed E-state index contributed by atoms with van der Waals surface area (Å²) in [4.78, 5) is 2.45. The van der Waals surface area contributed by atoms with Gasteiger partial charge in [-0.3, -0.25) is 0 Å². The maximum absolute atomic E-state index is 6.28. The Morgan fingerprint density at radius 1 is 1.16 bits per heavy atom. The minimum atomic E-state index is -0.101. The fourth-order valence-electron chi connectivity index (χ4n) is 2.00. The molecule has 0 spiro atoms. The fourth-order valence-corrected chi connectivity index (χ4v) is 2.91. The Balaban J connectivity index is 1.89. The summed E-state index contributed by atoms with van der Waals surface area (Å²) in [6.45, 7) is 2.09.